The number of carbonyl (C=O) groups is 1. The number of pyridine rings is 1. The number of carbonyl (C=O) groups excluding carboxylic acids is 1. The van der Waals surface area contributed by atoms with E-state index in [1.165, 1.54) is 0 Å². The Hall–Kier alpha value is -1.87. The Morgan fingerprint density at radius 1 is 1.26 bits per heavy atom. The molecular weight excluding hydrogens is 308 g/mol. The van der Waals surface area contributed by atoms with E-state index in [0.717, 1.165) is 16.6 Å². The van der Waals surface area contributed by atoms with Crippen molar-refractivity contribution >= 4 is 34.5 Å². The zero-order chi connectivity index (χ0) is 17.2. The van der Waals surface area contributed by atoms with Crippen molar-refractivity contribution in [1.82, 2.24) is 9.88 Å². The van der Waals surface area contributed by atoms with Gasteiger partial charge in [-0.3, -0.25) is 4.79 Å². The zero-order valence-electron chi connectivity index (χ0n) is 14.3. The maximum absolute atomic E-state index is 12.3. The molecule has 0 spiro atoms. The highest BCUT2D eigenvalue weighted by atomic mass is 35.5. The molecule has 1 unspecified atom stereocenters. The number of likely N-dealkylation sites (N-methyl/N-ethyl adjacent to an activating group) is 1. The van der Waals surface area contributed by atoms with Gasteiger partial charge in [-0.25, -0.2) is 4.98 Å². The summed E-state index contributed by atoms with van der Waals surface area (Å²) in [5.74, 6) is -0.0274. The molecule has 122 valence electrons. The van der Waals surface area contributed by atoms with Gasteiger partial charge in [0.2, 0.25) is 5.91 Å². The molecule has 0 saturated heterocycles. The molecule has 3 nitrogen and oxygen atoms in total. The molecule has 1 amide bonds. The first kappa shape index (κ1) is 17.5. The van der Waals surface area contributed by atoms with Crippen molar-refractivity contribution < 1.29 is 4.79 Å². The lowest BCUT2D eigenvalue weighted by Gasteiger charge is -2.34. The molecule has 0 aliphatic carbocycles. The van der Waals surface area contributed by atoms with Crippen LogP contribution in [0.2, 0.25) is 5.02 Å². The summed E-state index contributed by atoms with van der Waals surface area (Å²) in [6.07, 6.45) is 3.31. The van der Waals surface area contributed by atoms with Crippen LogP contribution in [0.5, 0.6) is 0 Å². The number of rotatable bonds is 3. The van der Waals surface area contributed by atoms with Gasteiger partial charge in [0.1, 0.15) is 0 Å². The lowest BCUT2D eigenvalue weighted by Crippen LogP contribution is -2.42. The Kier molecular flexibility index (Phi) is 5.10. The molecular formula is C19H23ClN2O. The molecule has 1 heterocycles. The molecule has 0 fully saturated rings. The normalized spacial score (nSPS) is 13.5. The van der Waals surface area contributed by atoms with E-state index in [2.05, 4.69) is 32.7 Å². The van der Waals surface area contributed by atoms with E-state index in [1.807, 2.05) is 37.4 Å². The van der Waals surface area contributed by atoms with Crippen molar-refractivity contribution in [2.45, 2.75) is 33.7 Å². The average Bonchev–Trinajstić information content (AvgIpc) is 2.49. The van der Waals surface area contributed by atoms with Gasteiger partial charge in [-0.1, -0.05) is 44.5 Å². The topological polar surface area (TPSA) is 33.2 Å². The molecule has 0 bridgehead atoms. The first-order chi connectivity index (χ1) is 10.7. The van der Waals surface area contributed by atoms with Crippen molar-refractivity contribution in [2.75, 3.05) is 7.05 Å². The van der Waals surface area contributed by atoms with E-state index in [4.69, 9.17) is 11.6 Å². The number of halogens is 1. The number of aromatic nitrogens is 1. The highest BCUT2D eigenvalue weighted by Crippen LogP contribution is 2.23. The lowest BCUT2D eigenvalue weighted by molar-refractivity contribution is -0.128. The Morgan fingerprint density at radius 2 is 1.91 bits per heavy atom. The van der Waals surface area contributed by atoms with E-state index in [1.54, 1.807) is 17.1 Å². The quantitative estimate of drug-likeness (QED) is 0.758. The molecule has 4 heteroatoms. The van der Waals surface area contributed by atoms with E-state index in [0.29, 0.717) is 5.02 Å². The first-order valence-electron chi connectivity index (χ1n) is 7.69. The molecule has 1 aromatic heterocycles. The minimum Gasteiger partial charge on any atom is -0.339 e. The summed E-state index contributed by atoms with van der Waals surface area (Å²) in [7, 11) is 1.83. The predicted octanol–water partition coefficient (Wildman–Crippen LogP) is 4.79. The fourth-order valence-electron chi connectivity index (χ4n) is 2.24. The van der Waals surface area contributed by atoms with Crippen LogP contribution in [-0.2, 0) is 4.79 Å². The van der Waals surface area contributed by atoms with Crippen LogP contribution in [0, 0.1) is 5.41 Å². The summed E-state index contributed by atoms with van der Waals surface area (Å²) in [5.41, 5.74) is 1.60. The third-order valence-electron chi connectivity index (χ3n) is 4.25. The summed E-state index contributed by atoms with van der Waals surface area (Å²) < 4.78 is 0. The van der Waals surface area contributed by atoms with Crippen molar-refractivity contribution in [2.24, 2.45) is 5.41 Å². The van der Waals surface area contributed by atoms with E-state index in [9.17, 15) is 4.79 Å². The van der Waals surface area contributed by atoms with Crippen LogP contribution in [0.3, 0.4) is 0 Å². The number of benzene rings is 1. The molecule has 0 aliphatic rings. The van der Waals surface area contributed by atoms with Crippen LogP contribution in [0.4, 0.5) is 0 Å². The Labute approximate surface area is 143 Å². The van der Waals surface area contributed by atoms with E-state index < -0.39 is 0 Å². The van der Waals surface area contributed by atoms with Gasteiger partial charge in [-0.05, 0) is 36.6 Å². The Balaban J connectivity index is 2.18. The van der Waals surface area contributed by atoms with Gasteiger partial charge >= 0.3 is 0 Å². The summed E-state index contributed by atoms with van der Waals surface area (Å²) in [6.45, 7) is 8.43. The standard InChI is InChI=1S/C19H23ClN2O/c1-13(19(2,3)4)22(5)18(23)11-10-16-9-7-14-6-8-15(20)12-17(14)21-16/h6-13H,1-5H3. The molecule has 0 N–H and O–H groups in total. The van der Waals surface area contributed by atoms with Gasteiger partial charge in [0, 0.05) is 29.6 Å². The smallest absolute Gasteiger partial charge is 0.246 e. The second-order valence-corrected chi connectivity index (χ2v) is 7.33. The minimum atomic E-state index is -0.0274. The Morgan fingerprint density at radius 3 is 2.57 bits per heavy atom. The molecule has 2 aromatic rings. The van der Waals surface area contributed by atoms with E-state index in [-0.39, 0.29) is 17.4 Å². The highest BCUT2D eigenvalue weighted by molar-refractivity contribution is 6.31. The number of hydrogen-bond acceptors (Lipinski definition) is 2. The predicted molar refractivity (Wildman–Crippen MR) is 97.5 cm³/mol. The molecule has 0 saturated carbocycles. The molecule has 0 aliphatic heterocycles. The minimum absolute atomic E-state index is 0.0274. The third kappa shape index (κ3) is 4.32. The molecule has 2 rings (SSSR count). The van der Waals surface area contributed by atoms with Crippen LogP contribution in [0.25, 0.3) is 17.0 Å². The Bertz CT molecular complexity index is 747. The summed E-state index contributed by atoms with van der Waals surface area (Å²) >= 11 is 6.00. The van der Waals surface area contributed by atoms with Crippen LogP contribution >= 0.6 is 11.6 Å². The van der Waals surface area contributed by atoms with Gasteiger partial charge in [-0.15, -0.1) is 0 Å². The SMILES string of the molecule is CC(N(C)C(=O)C=Cc1ccc2ccc(Cl)cc2n1)C(C)(C)C. The second kappa shape index (κ2) is 6.71. The summed E-state index contributed by atoms with van der Waals surface area (Å²) in [5, 5.41) is 1.68. The number of hydrogen-bond donors (Lipinski definition) is 0. The van der Waals surface area contributed by atoms with Crippen molar-refractivity contribution in [1.29, 1.82) is 0 Å². The number of fused-ring (bicyclic) bond motifs is 1. The van der Waals surface area contributed by atoms with Gasteiger partial charge in [0.15, 0.2) is 0 Å². The van der Waals surface area contributed by atoms with Gasteiger partial charge in [0.25, 0.3) is 0 Å². The molecule has 1 atom stereocenters. The van der Waals surface area contributed by atoms with Crippen LogP contribution in [0.15, 0.2) is 36.4 Å². The molecule has 23 heavy (non-hydrogen) atoms. The molecule has 0 radical (unpaired) electrons. The number of nitrogens with zero attached hydrogens (tertiary/aromatic N) is 2. The maximum atomic E-state index is 12.3. The fraction of sp³-hybridized carbons (Fsp3) is 0.368. The van der Waals surface area contributed by atoms with Gasteiger partial charge in [0.05, 0.1) is 11.2 Å². The van der Waals surface area contributed by atoms with Crippen LogP contribution < -0.4 is 0 Å². The van der Waals surface area contributed by atoms with Crippen molar-refractivity contribution in [3.8, 4) is 0 Å². The second-order valence-electron chi connectivity index (χ2n) is 6.90. The zero-order valence-corrected chi connectivity index (χ0v) is 15.1. The third-order valence-corrected chi connectivity index (χ3v) is 4.49. The van der Waals surface area contributed by atoms with Gasteiger partial charge < -0.3 is 4.90 Å². The van der Waals surface area contributed by atoms with E-state index >= 15 is 0 Å². The lowest BCUT2D eigenvalue weighted by atomic mass is 9.87. The summed E-state index contributed by atoms with van der Waals surface area (Å²) in [4.78, 5) is 18.6. The number of amides is 1. The maximum Gasteiger partial charge on any atom is 0.246 e. The average molecular weight is 331 g/mol. The van der Waals surface area contributed by atoms with Crippen LogP contribution in [0.1, 0.15) is 33.4 Å². The summed E-state index contributed by atoms with van der Waals surface area (Å²) in [6, 6.07) is 9.61. The highest BCUT2D eigenvalue weighted by Gasteiger charge is 2.25. The van der Waals surface area contributed by atoms with Crippen LogP contribution in [-0.4, -0.2) is 28.9 Å². The molecule has 1 aromatic carbocycles. The van der Waals surface area contributed by atoms with Crippen molar-refractivity contribution in [3.05, 3.63) is 47.1 Å². The largest absolute Gasteiger partial charge is 0.339 e. The first-order valence-corrected chi connectivity index (χ1v) is 8.07. The monoisotopic (exact) mass is 330 g/mol. The fourth-order valence-corrected chi connectivity index (χ4v) is 2.41. The van der Waals surface area contributed by atoms with Gasteiger partial charge in [-0.2, -0.15) is 0 Å². The van der Waals surface area contributed by atoms with Crippen molar-refractivity contribution in [3.63, 3.8) is 0 Å².